The van der Waals surface area contributed by atoms with E-state index in [9.17, 15) is 9.59 Å². The van der Waals surface area contributed by atoms with E-state index in [1.54, 1.807) is 0 Å². The van der Waals surface area contributed by atoms with Crippen LogP contribution >= 0.6 is 0 Å². The van der Waals surface area contributed by atoms with Crippen molar-refractivity contribution in [2.24, 2.45) is 5.73 Å². The Balaban J connectivity index is 1.60. The molecule has 0 saturated carbocycles. The first-order valence-electron chi connectivity index (χ1n) is 10.2. The lowest BCUT2D eigenvalue weighted by molar-refractivity contribution is -0.145. The summed E-state index contributed by atoms with van der Waals surface area (Å²) < 4.78 is 10.5. The normalized spacial score (nSPS) is 12.4. The van der Waals surface area contributed by atoms with E-state index in [0.29, 0.717) is 19.4 Å². The molecule has 0 unspecified atom stereocenters. The lowest BCUT2D eigenvalue weighted by Gasteiger charge is -2.17. The highest BCUT2D eigenvalue weighted by Gasteiger charge is 2.24. The van der Waals surface area contributed by atoms with Crippen molar-refractivity contribution in [1.82, 2.24) is 5.32 Å². The second-order valence-electron chi connectivity index (χ2n) is 7.25. The predicted octanol–water partition coefficient (Wildman–Crippen LogP) is 3.71. The number of rotatable bonds is 10. The molecule has 1 atom stereocenters. The van der Waals surface area contributed by atoms with E-state index in [1.165, 1.54) is 28.3 Å². The number of nitrogens with two attached hydrogens (primary N) is 1. The summed E-state index contributed by atoms with van der Waals surface area (Å²) >= 11 is 0. The zero-order valence-electron chi connectivity index (χ0n) is 17.1. The van der Waals surface area contributed by atoms with Crippen LogP contribution in [0.4, 0.5) is 4.79 Å². The highest BCUT2D eigenvalue weighted by Crippen LogP contribution is 2.38. The van der Waals surface area contributed by atoms with Gasteiger partial charge in [-0.25, -0.2) is 9.59 Å². The Labute approximate surface area is 177 Å². The molecule has 6 nitrogen and oxygen atoms in total. The maximum Gasteiger partial charge on any atom is 0.408 e. The van der Waals surface area contributed by atoms with Crippen molar-refractivity contribution in [3.05, 3.63) is 71.8 Å². The van der Waals surface area contributed by atoms with Crippen molar-refractivity contribution in [3.8, 4) is 11.1 Å². The maximum absolute atomic E-state index is 12.4. The highest BCUT2D eigenvalue weighted by atomic mass is 16.6. The fourth-order valence-corrected chi connectivity index (χ4v) is 3.67. The third-order valence-electron chi connectivity index (χ3n) is 5.17. The van der Waals surface area contributed by atoms with Crippen molar-refractivity contribution >= 4 is 12.1 Å². The van der Waals surface area contributed by atoms with Crippen LogP contribution in [0.2, 0.25) is 0 Å². The number of nitrogens with one attached hydrogen (secondary N) is 1. The van der Waals surface area contributed by atoms with Gasteiger partial charge in [-0.05, 0) is 60.0 Å². The molecule has 6 heteroatoms. The number of ether oxygens (including phenoxy) is 2. The van der Waals surface area contributed by atoms with Crippen molar-refractivity contribution in [3.63, 3.8) is 0 Å². The summed E-state index contributed by atoms with van der Waals surface area (Å²) in [6.45, 7) is 4.29. The zero-order chi connectivity index (χ0) is 21.3. The molecule has 0 aromatic heterocycles. The number of hydrogen-bond donors (Lipinski definition) is 2. The lowest BCUT2D eigenvalue weighted by atomic mass is 10.0. The molecule has 0 bridgehead atoms. The third kappa shape index (κ3) is 5.27. The Kier molecular flexibility index (Phi) is 7.63. The number of benzene rings is 2. The molecule has 3 N–H and O–H groups in total. The summed E-state index contributed by atoms with van der Waals surface area (Å²) in [5.74, 6) is -0.500. The molecule has 0 spiro atoms. The summed E-state index contributed by atoms with van der Waals surface area (Å²) in [6.07, 6.45) is 3.58. The molecule has 3 rings (SSSR count). The van der Waals surface area contributed by atoms with E-state index < -0.39 is 18.1 Å². The standard InChI is InChI=1S/C24H28N2O4/c1-2-14-29-23(27)22(12-5-6-13-25)26-24(28)30-16-18-9-7-11-20-19-10-4-3-8-17(19)15-21(18)20/h2-4,7-11,22H,1,5-6,12-16,25H2,(H,26,28)/t22-/m0/s1. The monoisotopic (exact) mass is 408 g/mol. The number of fused-ring (bicyclic) bond motifs is 3. The molecule has 2 aromatic carbocycles. The largest absolute Gasteiger partial charge is 0.460 e. The summed E-state index contributed by atoms with van der Waals surface area (Å²) in [4.78, 5) is 24.6. The minimum atomic E-state index is -0.769. The smallest absolute Gasteiger partial charge is 0.408 e. The van der Waals surface area contributed by atoms with E-state index >= 15 is 0 Å². The van der Waals surface area contributed by atoms with Gasteiger partial charge in [0.2, 0.25) is 0 Å². The number of carbonyl (C=O) groups is 2. The molecule has 0 fully saturated rings. The SMILES string of the molecule is C=CCOC(=O)[C@H](CCCCN)NC(=O)OCc1cccc2c1Cc1ccccc1-2. The zero-order valence-corrected chi connectivity index (χ0v) is 17.1. The van der Waals surface area contributed by atoms with Crippen molar-refractivity contribution in [2.45, 2.75) is 38.3 Å². The van der Waals surface area contributed by atoms with Gasteiger partial charge in [0.15, 0.2) is 0 Å². The Morgan fingerprint density at radius 1 is 1.10 bits per heavy atom. The second-order valence-corrected chi connectivity index (χ2v) is 7.25. The van der Waals surface area contributed by atoms with Crippen LogP contribution in [0.25, 0.3) is 11.1 Å². The van der Waals surface area contributed by atoms with Gasteiger partial charge in [0, 0.05) is 0 Å². The van der Waals surface area contributed by atoms with E-state index in [4.69, 9.17) is 15.2 Å². The van der Waals surface area contributed by atoms with E-state index in [1.807, 2.05) is 24.3 Å². The summed E-state index contributed by atoms with van der Waals surface area (Å²) in [5.41, 5.74) is 11.3. The van der Waals surface area contributed by atoms with Gasteiger partial charge in [-0.2, -0.15) is 0 Å². The fraction of sp³-hybridized carbons (Fsp3) is 0.333. The third-order valence-corrected chi connectivity index (χ3v) is 5.17. The van der Waals surface area contributed by atoms with E-state index in [0.717, 1.165) is 18.4 Å². The van der Waals surface area contributed by atoms with E-state index in [-0.39, 0.29) is 13.2 Å². The van der Waals surface area contributed by atoms with Gasteiger partial charge in [0.25, 0.3) is 0 Å². The quantitative estimate of drug-likeness (QED) is 0.303. The number of hydrogen-bond acceptors (Lipinski definition) is 5. The Morgan fingerprint density at radius 2 is 1.90 bits per heavy atom. The van der Waals surface area contributed by atoms with Gasteiger partial charge < -0.3 is 20.5 Å². The number of unbranched alkanes of at least 4 members (excludes halogenated alkanes) is 1. The maximum atomic E-state index is 12.4. The number of alkyl carbamates (subject to hydrolysis) is 1. The van der Waals surface area contributed by atoms with Crippen molar-refractivity contribution in [1.29, 1.82) is 0 Å². The fourth-order valence-electron chi connectivity index (χ4n) is 3.67. The number of esters is 1. The van der Waals surface area contributed by atoms with E-state index in [2.05, 4.69) is 30.1 Å². The first-order chi connectivity index (χ1) is 14.6. The topological polar surface area (TPSA) is 90.6 Å². The molecule has 1 aliphatic carbocycles. The van der Waals surface area contributed by atoms with Crippen molar-refractivity contribution < 1.29 is 19.1 Å². The molecule has 1 aliphatic rings. The Bertz CT molecular complexity index is 910. The molecule has 158 valence electrons. The molecule has 0 aliphatic heterocycles. The highest BCUT2D eigenvalue weighted by molar-refractivity contribution is 5.81. The molecule has 2 aromatic rings. The first-order valence-corrected chi connectivity index (χ1v) is 10.2. The predicted molar refractivity (Wildman–Crippen MR) is 116 cm³/mol. The minimum Gasteiger partial charge on any atom is -0.460 e. The average molecular weight is 408 g/mol. The van der Waals surface area contributed by atoms with Gasteiger partial charge in [0.05, 0.1) is 0 Å². The van der Waals surface area contributed by atoms with Gasteiger partial charge in [-0.3, -0.25) is 0 Å². The molecule has 0 radical (unpaired) electrons. The van der Waals surface area contributed by atoms with Crippen LogP contribution in [-0.2, 0) is 27.3 Å². The summed E-state index contributed by atoms with van der Waals surface area (Å²) in [7, 11) is 0. The van der Waals surface area contributed by atoms with Crippen LogP contribution in [-0.4, -0.2) is 31.3 Å². The molecule has 0 heterocycles. The lowest BCUT2D eigenvalue weighted by Crippen LogP contribution is -2.42. The molecule has 0 saturated heterocycles. The number of amides is 1. The van der Waals surface area contributed by atoms with Crippen molar-refractivity contribution in [2.75, 3.05) is 13.2 Å². The first kappa shape index (κ1) is 21.6. The summed E-state index contributed by atoms with van der Waals surface area (Å²) in [5, 5.41) is 2.63. The van der Waals surface area contributed by atoms with Gasteiger partial charge in [-0.15, -0.1) is 0 Å². The second kappa shape index (κ2) is 10.6. The van der Waals surface area contributed by atoms with Crippen LogP contribution in [0, 0.1) is 0 Å². The molecule has 1 amide bonds. The van der Waals surface area contributed by atoms with Crippen LogP contribution in [0.5, 0.6) is 0 Å². The molecular formula is C24H28N2O4. The Hall–Kier alpha value is -3.12. The van der Waals surface area contributed by atoms with Crippen LogP contribution in [0.3, 0.4) is 0 Å². The van der Waals surface area contributed by atoms with Gasteiger partial charge >= 0.3 is 12.1 Å². The van der Waals surface area contributed by atoms with Gasteiger partial charge in [0.1, 0.15) is 19.3 Å². The van der Waals surface area contributed by atoms with Crippen LogP contribution < -0.4 is 11.1 Å². The average Bonchev–Trinajstić information content (AvgIpc) is 3.15. The van der Waals surface area contributed by atoms with Gasteiger partial charge in [-0.1, -0.05) is 55.1 Å². The Morgan fingerprint density at radius 3 is 2.70 bits per heavy atom. The molecule has 30 heavy (non-hydrogen) atoms. The van der Waals surface area contributed by atoms with Crippen LogP contribution in [0.15, 0.2) is 55.1 Å². The summed E-state index contributed by atoms with van der Waals surface area (Å²) in [6, 6.07) is 13.6. The van der Waals surface area contributed by atoms with Crippen LogP contribution in [0.1, 0.15) is 36.0 Å². The minimum absolute atomic E-state index is 0.0969. The molecular weight excluding hydrogens is 380 g/mol. The number of carbonyl (C=O) groups excluding carboxylic acids is 2.